The third-order valence-electron chi connectivity index (χ3n) is 3.92. The van der Waals surface area contributed by atoms with Crippen LogP contribution in [0.15, 0.2) is 0 Å². The molecule has 2 rings (SSSR count). The molecule has 2 aliphatic rings. The van der Waals surface area contributed by atoms with Gasteiger partial charge < -0.3 is 5.11 Å². The highest BCUT2D eigenvalue weighted by Gasteiger charge is 2.52. The average molecular weight is 248 g/mol. The Kier molecular flexibility index (Phi) is 3.03. The summed E-state index contributed by atoms with van der Waals surface area (Å²) in [6.45, 7) is 2.47. The number of hydrogen-bond acceptors (Lipinski definition) is 3. The summed E-state index contributed by atoms with van der Waals surface area (Å²) in [7, 11) is -1.80. The van der Waals surface area contributed by atoms with Gasteiger partial charge in [0, 0.05) is 19.6 Å². The van der Waals surface area contributed by atoms with Crippen LogP contribution in [0.2, 0.25) is 0 Å². The number of rotatable bonds is 4. The highest BCUT2D eigenvalue weighted by atomic mass is 32.2. The van der Waals surface area contributed by atoms with Gasteiger partial charge in [0.05, 0.1) is 12.1 Å². The Labute approximate surface area is 97.2 Å². The van der Waals surface area contributed by atoms with Gasteiger partial charge in [-0.1, -0.05) is 0 Å². The molecule has 94 valence electrons. The summed E-state index contributed by atoms with van der Waals surface area (Å²) in [4.78, 5) is 0. The number of aliphatic hydroxyl groups is 1. The van der Waals surface area contributed by atoms with E-state index >= 15 is 0 Å². The second-order valence-electron chi connectivity index (χ2n) is 4.96. The number of aliphatic hydroxyl groups excluding tert-OH is 1. The van der Waals surface area contributed by atoms with Gasteiger partial charge in [0.15, 0.2) is 0 Å². The van der Waals surface area contributed by atoms with Gasteiger partial charge in [0.2, 0.25) is 0 Å². The Balaban J connectivity index is 2.19. The Hall–Kier alpha value is -0.170. The predicted molar refractivity (Wildman–Crippen MR) is 61.1 cm³/mol. The van der Waals surface area contributed by atoms with Gasteiger partial charge in [-0.2, -0.15) is 17.0 Å². The van der Waals surface area contributed by atoms with Crippen molar-refractivity contribution < 1.29 is 13.5 Å². The molecule has 1 saturated heterocycles. The molecule has 6 heteroatoms. The summed E-state index contributed by atoms with van der Waals surface area (Å²) in [5, 5.41) is 9.27. The lowest BCUT2D eigenvalue weighted by molar-refractivity contribution is 0.179. The van der Waals surface area contributed by atoms with Crippen LogP contribution in [0, 0.1) is 0 Å². The first-order chi connectivity index (χ1) is 7.44. The zero-order chi connectivity index (χ0) is 12.0. The van der Waals surface area contributed by atoms with Crippen molar-refractivity contribution in [3.05, 3.63) is 0 Å². The van der Waals surface area contributed by atoms with E-state index in [0.29, 0.717) is 6.54 Å². The van der Waals surface area contributed by atoms with Gasteiger partial charge in [-0.3, -0.25) is 0 Å². The maximum atomic E-state index is 12.3. The zero-order valence-corrected chi connectivity index (χ0v) is 10.7. The number of hydrogen-bond donors (Lipinski definition) is 1. The Morgan fingerprint density at radius 1 is 1.50 bits per heavy atom. The van der Waals surface area contributed by atoms with Crippen molar-refractivity contribution in [3.8, 4) is 0 Å². The maximum absolute atomic E-state index is 12.3. The lowest BCUT2D eigenvalue weighted by Gasteiger charge is -2.31. The molecule has 1 unspecified atom stereocenters. The molecular formula is C10H20N2O3S. The fourth-order valence-electron chi connectivity index (χ4n) is 2.37. The highest BCUT2D eigenvalue weighted by Crippen LogP contribution is 2.43. The van der Waals surface area contributed by atoms with E-state index in [1.165, 1.54) is 4.31 Å². The van der Waals surface area contributed by atoms with E-state index in [1.807, 2.05) is 6.92 Å². The van der Waals surface area contributed by atoms with E-state index in [4.69, 9.17) is 0 Å². The van der Waals surface area contributed by atoms with E-state index < -0.39 is 15.7 Å². The van der Waals surface area contributed by atoms with Crippen LogP contribution in [0.4, 0.5) is 0 Å². The average Bonchev–Trinajstić information content (AvgIpc) is 2.93. The van der Waals surface area contributed by atoms with Crippen molar-refractivity contribution in [1.82, 2.24) is 8.61 Å². The summed E-state index contributed by atoms with van der Waals surface area (Å²) in [5.74, 6) is 0. The molecule has 0 aromatic rings. The van der Waals surface area contributed by atoms with Crippen LogP contribution in [0.1, 0.15) is 32.6 Å². The molecule has 1 heterocycles. The molecule has 1 saturated carbocycles. The molecule has 0 aromatic heterocycles. The third-order valence-corrected chi connectivity index (χ3v) is 6.14. The van der Waals surface area contributed by atoms with Crippen molar-refractivity contribution >= 4 is 10.2 Å². The number of likely N-dealkylation sites (N-methyl/N-ethyl adjacent to an activating group) is 1. The van der Waals surface area contributed by atoms with E-state index in [-0.39, 0.29) is 12.6 Å². The molecule has 0 aromatic carbocycles. The minimum atomic E-state index is -3.39. The Morgan fingerprint density at radius 3 is 2.50 bits per heavy atom. The van der Waals surface area contributed by atoms with Gasteiger partial charge in [-0.05, 0) is 32.6 Å². The number of nitrogens with zero attached hydrogens (tertiary/aromatic N) is 2. The first-order valence-corrected chi connectivity index (χ1v) is 7.20. The first-order valence-electron chi connectivity index (χ1n) is 5.81. The summed E-state index contributed by atoms with van der Waals surface area (Å²) in [6.07, 6.45) is 3.39. The smallest absolute Gasteiger partial charge is 0.282 e. The van der Waals surface area contributed by atoms with Gasteiger partial charge >= 0.3 is 0 Å². The second-order valence-corrected chi connectivity index (χ2v) is 6.87. The minimum Gasteiger partial charge on any atom is -0.394 e. The quantitative estimate of drug-likeness (QED) is 0.771. The monoisotopic (exact) mass is 248 g/mol. The summed E-state index contributed by atoms with van der Waals surface area (Å²) < 4.78 is 27.6. The van der Waals surface area contributed by atoms with Gasteiger partial charge in [0.1, 0.15) is 0 Å². The van der Waals surface area contributed by atoms with Crippen LogP contribution in [-0.4, -0.2) is 53.9 Å². The van der Waals surface area contributed by atoms with Crippen molar-refractivity contribution in [2.75, 3.05) is 20.2 Å². The van der Waals surface area contributed by atoms with Crippen LogP contribution >= 0.6 is 0 Å². The van der Waals surface area contributed by atoms with E-state index in [2.05, 4.69) is 0 Å². The third kappa shape index (κ3) is 1.77. The van der Waals surface area contributed by atoms with Crippen molar-refractivity contribution in [1.29, 1.82) is 0 Å². The largest absolute Gasteiger partial charge is 0.394 e. The fraction of sp³-hybridized carbons (Fsp3) is 1.00. The molecule has 2 fully saturated rings. The topological polar surface area (TPSA) is 60.9 Å². The fourth-order valence-corrected chi connectivity index (χ4v) is 4.33. The molecule has 16 heavy (non-hydrogen) atoms. The lowest BCUT2D eigenvalue weighted by Crippen LogP contribution is -2.50. The minimum absolute atomic E-state index is 0.0784. The van der Waals surface area contributed by atoms with Crippen LogP contribution in [0.5, 0.6) is 0 Å². The molecular weight excluding hydrogens is 228 g/mol. The molecule has 1 aliphatic carbocycles. The zero-order valence-electron chi connectivity index (χ0n) is 9.89. The molecule has 0 amide bonds. The summed E-state index contributed by atoms with van der Waals surface area (Å²) in [6, 6.07) is 0.0851. The normalized spacial score (nSPS) is 29.9. The molecule has 0 spiro atoms. The second kappa shape index (κ2) is 3.94. The summed E-state index contributed by atoms with van der Waals surface area (Å²) >= 11 is 0. The van der Waals surface area contributed by atoms with Crippen LogP contribution in [0.3, 0.4) is 0 Å². The molecule has 5 nitrogen and oxygen atoms in total. The molecule has 0 bridgehead atoms. The first kappa shape index (κ1) is 12.3. The Morgan fingerprint density at radius 2 is 2.12 bits per heavy atom. The maximum Gasteiger partial charge on any atom is 0.282 e. The van der Waals surface area contributed by atoms with E-state index in [9.17, 15) is 13.5 Å². The standard InChI is InChI=1S/C10H20N2O3S/c1-9-4-3-7-12(9)16(14,15)11(2)10(8-13)5-6-10/h9,13H,3-8H2,1-2H3. The molecule has 1 N–H and O–H groups in total. The van der Waals surface area contributed by atoms with E-state index in [0.717, 1.165) is 25.7 Å². The van der Waals surface area contributed by atoms with Gasteiger partial charge in [-0.15, -0.1) is 0 Å². The predicted octanol–water partition coefficient (Wildman–Crippen LogP) is 0.172. The lowest BCUT2D eigenvalue weighted by atomic mass is 10.3. The van der Waals surface area contributed by atoms with E-state index in [1.54, 1.807) is 11.4 Å². The van der Waals surface area contributed by atoms with Crippen LogP contribution in [0.25, 0.3) is 0 Å². The Bertz CT molecular complexity index is 364. The highest BCUT2D eigenvalue weighted by molar-refractivity contribution is 7.86. The summed E-state index contributed by atoms with van der Waals surface area (Å²) in [5.41, 5.74) is -0.513. The van der Waals surface area contributed by atoms with Gasteiger partial charge in [-0.25, -0.2) is 0 Å². The molecule has 1 aliphatic heterocycles. The SMILES string of the molecule is CC1CCCN1S(=O)(=O)N(C)C1(CO)CC1. The molecule has 0 radical (unpaired) electrons. The van der Waals surface area contributed by atoms with Crippen molar-refractivity contribution in [2.45, 2.75) is 44.2 Å². The van der Waals surface area contributed by atoms with Crippen LogP contribution < -0.4 is 0 Å². The van der Waals surface area contributed by atoms with Crippen molar-refractivity contribution in [2.24, 2.45) is 0 Å². The molecule has 1 atom stereocenters. The van der Waals surface area contributed by atoms with Crippen LogP contribution in [-0.2, 0) is 10.2 Å². The van der Waals surface area contributed by atoms with Crippen molar-refractivity contribution in [3.63, 3.8) is 0 Å². The van der Waals surface area contributed by atoms with Gasteiger partial charge in [0.25, 0.3) is 10.2 Å².